The predicted molar refractivity (Wildman–Crippen MR) is 53.9 cm³/mol. The molecule has 0 saturated heterocycles. The molecule has 0 spiro atoms. The molecular weight excluding hydrogens is 176 g/mol. The molecule has 3 nitrogen and oxygen atoms in total. The number of nitrogens with one attached hydrogen (secondary N) is 1. The highest BCUT2D eigenvalue weighted by molar-refractivity contribution is 5.81. The van der Waals surface area contributed by atoms with Gasteiger partial charge in [0.25, 0.3) is 0 Å². The van der Waals surface area contributed by atoms with Gasteiger partial charge < -0.3 is 4.98 Å². The number of H-pyrrole nitrogens is 1. The third-order valence-electron chi connectivity index (χ3n) is 2.11. The summed E-state index contributed by atoms with van der Waals surface area (Å²) in [7, 11) is 0. The summed E-state index contributed by atoms with van der Waals surface area (Å²) in [5.41, 5.74) is 1.49. The topological polar surface area (TPSA) is 56.6 Å². The van der Waals surface area contributed by atoms with Crippen LogP contribution in [0.2, 0.25) is 0 Å². The molecule has 0 bridgehead atoms. The Hall–Kier alpha value is -2.08. The first kappa shape index (κ1) is 8.52. The number of hydrogen-bond acceptors (Lipinski definition) is 2. The number of benzene rings is 1. The van der Waals surface area contributed by atoms with Crippen molar-refractivity contribution in [2.24, 2.45) is 0 Å². The molecule has 0 aliphatic rings. The van der Waals surface area contributed by atoms with Crippen LogP contribution in [0.4, 0.5) is 0 Å². The molecule has 1 N–H and O–H groups in total. The van der Waals surface area contributed by atoms with Crippen LogP contribution in [0.25, 0.3) is 10.9 Å². The van der Waals surface area contributed by atoms with Crippen LogP contribution in [0.3, 0.4) is 0 Å². The highest BCUT2D eigenvalue weighted by Crippen LogP contribution is 2.14. The second-order valence-electron chi connectivity index (χ2n) is 3.04. The number of fused-ring (bicyclic) bond motifs is 1. The van der Waals surface area contributed by atoms with Crippen molar-refractivity contribution in [3.63, 3.8) is 0 Å². The molecule has 1 aromatic heterocycles. The van der Waals surface area contributed by atoms with Crippen molar-refractivity contribution in [3.05, 3.63) is 46.2 Å². The molecule has 3 heteroatoms. The Morgan fingerprint density at radius 3 is 2.93 bits per heavy atom. The fourth-order valence-electron chi connectivity index (χ4n) is 1.47. The number of rotatable bonds is 1. The van der Waals surface area contributed by atoms with E-state index >= 15 is 0 Å². The van der Waals surface area contributed by atoms with E-state index in [0.29, 0.717) is 6.42 Å². The molecule has 0 aliphatic carbocycles. The Balaban J connectivity index is 2.78. The highest BCUT2D eigenvalue weighted by atomic mass is 16.1. The maximum absolute atomic E-state index is 11.1. The van der Waals surface area contributed by atoms with Crippen molar-refractivity contribution < 1.29 is 0 Å². The van der Waals surface area contributed by atoms with Gasteiger partial charge in [0.1, 0.15) is 0 Å². The van der Waals surface area contributed by atoms with E-state index in [1.165, 1.54) is 6.07 Å². The Labute approximate surface area is 80.6 Å². The molecule has 2 rings (SSSR count). The normalized spacial score (nSPS) is 9.93. The Morgan fingerprint density at radius 2 is 2.14 bits per heavy atom. The van der Waals surface area contributed by atoms with Gasteiger partial charge in [0, 0.05) is 6.07 Å². The zero-order valence-corrected chi connectivity index (χ0v) is 7.45. The number of para-hydroxylation sites is 1. The maximum atomic E-state index is 11.1. The molecule has 0 fully saturated rings. The number of aromatic amines is 1. The molecule has 0 atom stereocenters. The van der Waals surface area contributed by atoms with E-state index in [2.05, 4.69) is 11.1 Å². The largest absolute Gasteiger partial charge is 0.322 e. The van der Waals surface area contributed by atoms with E-state index in [9.17, 15) is 4.79 Å². The second kappa shape index (κ2) is 3.35. The third kappa shape index (κ3) is 1.38. The van der Waals surface area contributed by atoms with E-state index in [0.717, 1.165) is 16.5 Å². The Kier molecular flexibility index (Phi) is 2.04. The fourth-order valence-corrected chi connectivity index (χ4v) is 1.47. The minimum atomic E-state index is -0.136. The van der Waals surface area contributed by atoms with Crippen LogP contribution in [-0.2, 0) is 6.42 Å². The van der Waals surface area contributed by atoms with Crippen LogP contribution in [0.1, 0.15) is 5.56 Å². The average molecular weight is 184 g/mol. The predicted octanol–water partition coefficient (Wildman–Crippen LogP) is 1.59. The fraction of sp³-hybridized carbons (Fsp3) is 0.0909. The Morgan fingerprint density at radius 1 is 1.29 bits per heavy atom. The average Bonchev–Trinajstić information content (AvgIpc) is 2.19. The lowest BCUT2D eigenvalue weighted by Crippen LogP contribution is -2.03. The Bertz CT molecular complexity index is 563. The summed E-state index contributed by atoms with van der Waals surface area (Å²) in [6.07, 6.45) is 0.317. The smallest absolute Gasteiger partial charge is 0.248 e. The van der Waals surface area contributed by atoms with Crippen LogP contribution >= 0.6 is 0 Å². The zero-order chi connectivity index (χ0) is 9.97. The van der Waals surface area contributed by atoms with Gasteiger partial charge in [-0.1, -0.05) is 18.2 Å². The number of aromatic nitrogens is 1. The standard InChI is InChI=1S/C11H8N2O/c12-7-6-9-3-1-2-8-4-5-10(14)13-11(8)9/h1-5H,6H2,(H,13,14). The highest BCUT2D eigenvalue weighted by Gasteiger charge is 2.00. The van der Waals surface area contributed by atoms with E-state index in [1.54, 1.807) is 6.07 Å². The summed E-state index contributed by atoms with van der Waals surface area (Å²) < 4.78 is 0. The first-order valence-electron chi connectivity index (χ1n) is 4.29. The molecular formula is C11H8N2O. The van der Waals surface area contributed by atoms with Crippen molar-refractivity contribution in [1.82, 2.24) is 4.98 Å². The number of hydrogen-bond donors (Lipinski definition) is 1. The van der Waals surface area contributed by atoms with Crippen molar-refractivity contribution in [2.75, 3.05) is 0 Å². The van der Waals surface area contributed by atoms with Gasteiger partial charge in [-0.15, -0.1) is 0 Å². The molecule has 0 aliphatic heterocycles. The van der Waals surface area contributed by atoms with Gasteiger partial charge in [0.15, 0.2) is 0 Å². The number of pyridine rings is 1. The summed E-state index contributed by atoms with van der Waals surface area (Å²) in [6.45, 7) is 0. The molecule has 0 saturated carbocycles. The zero-order valence-electron chi connectivity index (χ0n) is 7.45. The van der Waals surface area contributed by atoms with Crippen LogP contribution in [-0.4, -0.2) is 4.98 Å². The molecule has 0 unspecified atom stereocenters. The van der Waals surface area contributed by atoms with Crippen molar-refractivity contribution in [1.29, 1.82) is 5.26 Å². The van der Waals surface area contributed by atoms with Gasteiger partial charge >= 0.3 is 0 Å². The minimum absolute atomic E-state index is 0.136. The summed E-state index contributed by atoms with van der Waals surface area (Å²) in [5, 5.41) is 9.56. The quantitative estimate of drug-likeness (QED) is 0.731. The SMILES string of the molecule is N#CCc1cccc2ccc(=O)[nH]c12. The summed E-state index contributed by atoms with van der Waals surface area (Å²) in [6, 6.07) is 11.0. The molecule has 1 aromatic carbocycles. The van der Waals surface area contributed by atoms with Gasteiger partial charge in [-0.3, -0.25) is 4.79 Å². The maximum Gasteiger partial charge on any atom is 0.248 e. The van der Waals surface area contributed by atoms with Crippen molar-refractivity contribution in [2.45, 2.75) is 6.42 Å². The molecule has 0 radical (unpaired) electrons. The van der Waals surface area contributed by atoms with Gasteiger partial charge in [-0.2, -0.15) is 5.26 Å². The monoisotopic (exact) mass is 184 g/mol. The molecule has 0 amide bonds. The summed E-state index contributed by atoms with van der Waals surface area (Å²) >= 11 is 0. The number of nitrogens with zero attached hydrogens (tertiary/aromatic N) is 1. The van der Waals surface area contributed by atoms with Gasteiger partial charge in [0.2, 0.25) is 5.56 Å². The van der Waals surface area contributed by atoms with Gasteiger partial charge in [0.05, 0.1) is 18.0 Å². The van der Waals surface area contributed by atoms with Gasteiger partial charge in [-0.05, 0) is 17.0 Å². The summed E-state index contributed by atoms with van der Waals surface area (Å²) in [5.74, 6) is 0. The third-order valence-corrected chi connectivity index (χ3v) is 2.11. The van der Waals surface area contributed by atoms with E-state index in [-0.39, 0.29) is 5.56 Å². The first-order valence-corrected chi connectivity index (χ1v) is 4.29. The molecule has 1 heterocycles. The van der Waals surface area contributed by atoms with Crippen LogP contribution in [0, 0.1) is 11.3 Å². The van der Waals surface area contributed by atoms with Crippen molar-refractivity contribution >= 4 is 10.9 Å². The lowest BCUT2D eigenvalue weighted by atomic mass is 10.1. The van der Waals surface area contributed by atoms with Crippen LogP contribution in [0.5, 0.6) is 0 Å². The van der Waals surface area contributed by atoms with Crippen LogP contribution in [0.15, 0.2) is 35.1 Å². The lowest BCUT2D eigenvalue weighted by Gasteiger charge is -2.01. The van der Waals surface area contributed by atoms with E-state index < -0.39 is 0 Å². The van der Waals surface area contributed by atoms with Crippen molar-refractivity contribution in [3.8, 4) is 6.07 Å². The molecule has 68 valence electrons. The first-order chi connectivity index (χ1) is 6.81. The lowest BCUT2D eigenvalue weighted by molar-refractivity contribution is 1.23. The van der Waals surface area contributed by atoms with E-state index in [1.807, 2.05) is 18.2 Å². The summed E-state index contributed by atoms with van der Waals surface area (Å²) in [4.78, 5) is 13.8. The van der Waals surface area contributed by atoms with E-state index in [4.69, 9.17) is 5.26 Å². The molecule has 2 aromatic rings. The van der Waals surface area contributed by atoms with Gasteiger partial charge in [-0.25, -0.2) is 0 Å². The second-order valence-corrected chi connectivity index (χ2v) is 3.04. The minimum Gasteiger partial charge on any atom is -0.322 e. The molecule has 14 heavy (non-hydrogen) atoms. The number of nitriles is 1. The van der Waals surface area contributed by atoms with Crippen LogP contribution < -0.4 is 5.56 Å².